The standard InChI is InChI=1S/C25H28N2O4S/c1-19(31-23-13-10-20-8-4-5-9-21(20)18-23)25(28)26-22-11-14-24(15-12-22)32(29,30)27-16-6-2-3-7-17-27/h4-5,8-15,18-19H,2-3,6-7,16-17H2,1H3,(H,26,28)/t19-/m0/s1. The van der Waals surface area contributed by atoms with Gasteiger partial charge in [-0.2, -0.15) is 4.31 Å². The lowest BCUT2D eigenvalue weighted by Gasteiger charge is -2.20. The Bertz CT molecular complexity index is 1180. The molecule has 0 aromatic heterocycles. The zero-order valence-electron chi connectivity index (χ0n) is 18.2. The monoisotopic (exact) mass is 452 g/mol. The molecule has 0 spiro atoms. The maximum Gasteiger partial charge on any atom is 0.265 e. The van der Waals surface area contributed by atoms with Gasteiger partial charge in [-0.3, -0.25) is 4.79 Å². The summed E-state index contributed by atoms with van der Waals surface area (Å²) in [5.74, 6) is 0.312. The molecule has 7 heteroatoms. The number of hydrogen-bond acceptors (Lipinski definition) is 4. The fourth-order valence-corrected chi connectivity index (χ4v) is 5.40. The number of fused-ring (bicyclic) bond motifs is 1. The van der Waals surface area contributed by atoms with E-state index < -0.39 is 16.1 Å². The minimum absolute atomic E-state index is 0.248. The number of sulfonamides is 1. The molecule has 4 rings (SSSR count). The predicted molar refractivity (Wildman–Crippen MR) is 126 cm³/mol. The van der Waals surface area contributed by atoms with Gasteiger partial charge < -0.3 is 10.1 Å². The molecule has 0 radical (unpaired) electrons. The van der Waals surface area contributed by atoms with Gasteiger partial charge in [-0.05, 0) is 66.9 Å². The highest BCUT2D eigenvalue weighted by Gasteiger charge is 2.25. The van der Waals surface area contributed by atoms with Crippen molar-refractivity contribution < 1.29 is 17.9 Å². The fourth-order valence-electron chi connectivity index (χ4n) is 3.88. The predicted octanol–water partition coefficient (Wildman–Crippen LogP) is 4.81. The molecule has 1 aliphatic rings. The van der Waals surface area contributed by atoms with Crippen LogP contribution in [0.15, 0.2) is 71.6 Å². The largest absolute Gasteiger partial charge is 0.481 e. The number of nitrogens with zero attached hydrogens (tertiary/aromatic N) is 1. The van der Waals surface area contributed by atoms with Gasteiger partial charge in [-0.1, -0.05) is 43.2 Å². The average Bonchev–Trinajstić information content (AvgIpc) is 3.09. The third kappa shape index (κ3) is 5.11. The molecule has 1 aliphatic heterocycles. The molecule has 1 saturated heterocycles. The van der Waals surface area contributed by atoms with Crippen LogP contribution in [0.3, 0.4) is 0 Å². The van der Waals surface area contributed by atoms with Crippen LogP contribution >= 0.6 is 0 Å². The normalized spacial score (nSPS) is 16.3. The van der Waals surface area contributed by atoms with Crippen molar-refractivity contribution >= 4 is 32.4 Å². The molecule has 1 amide bonds. The van der Waals surface area contributed by atoms with Gasteiger partial charge in [-0.25, -0.2) is 8.42 Å². The molecule has 32 heavy (non-hydrogen) atoms. The molecule has 1 N–H and O–H groups in total. The Labute approximate surface area is 189 Å². The van der Waals surface area contributed by atoms with E-state index in [1.54, 1.807) is 35.5 Å². The van der Waals surface area contributed by atoms with Gasteiger partial charge in [0, 0.05) is 18.8 Å². The van der Waals surface area contributed by atoms with Crippen LogP contribution in [0.1, 0.15) is 32.6 Å². The van der Waals surface area contributed by atoms with Crippen molar-refractivity contribution in [3.8, 4) is 5.75 Å². The van der Waals surface area contributed by atoms with Crippen LogP contribution in [-0.2, 0) is 14.8 Å². The molecular formula is C25H28N2O4S. The number of hydrogen-bond donors (Lipinski definition) is 1. The van der Waals surface area contributed by atoms with E-state index in [0.29, 0.717) is 24.5 Å². The number of carbonyl (C=O) groups is 1. The highest BCUT2D eigenvalue weighted by atomic mass is 32.2. The van der Waals surface area contributed by atoms with Crippen molar-refractivity contribution in [2.24, 2.45) is 0 Å². The third-order valence-corrected chi connectivity index (χ3v) is 7.64. The number of benzene rings is 3. The smallest absolute Gasteiger partial charge is 0.265 e. The Morgan fingerprint density at radius 1 is 0.906 bits per heavy atom. The van der Waals surface area contributed by atoms with Crippen LogP contribution in [0.5, 0.6) is 5.75 Å². The molecule has 0 saturated carbocycles. The lowest BCUT2D eigenvalue weighted by atomic mass is 10.1. The van der Waals surface area contributed by atoms with Crippen molar-refractivity contribution in [2.75, 3.05) is 18.4 Å². The first kappa shape index (κ1) is 22.3. The second-order valence-corrected chi connectivity index (χ2v) is 10.0. The Kier molecular flexibility index (Phi) is 6.77. The quantitative estimate of drug-likeness (QED) is 0.582. The van der Waals surface area contributed by atoms with E-state index >= 15 is 0 Å². The summed E-state index contributed by atoms with van der Waals surface area (Å²) in [6, 6.07) is 20.0. The molecular weight excluding hydrogens is 424 g/mol. The molecule has 0 aliphatic carbocycles. The number of ether oxygens (including phenoxy) is 1. The summed E-state index contributed by atoms with van der Waals surface area (Å²) in [7, 11) is -3.51. The van der Waals surface area contributed by atoms with E-state index in [4.69, 9.17) is 4.74 Å². The van der Waals surface area contributed by atoms with Crippen molar-refractivity contribution in [2.45, 2.75) is 43.6 Å². The summed E-state index contributed by atoms with van der Waals surface area (Å²) in [6.07, 6.45) is 3.20. The fraction of sp³-hybridized carbons (Fsp3) is 0.320. The van der Waals surface area contributed by atoms with E-state index in [1.165, 1.54) is 0 Å². The second kappa shape index (κ2) is 9.71. The van der Waals surface area contributed by atoms with Gasteiger partial charge in [0.2, 0.25) is 10.0 Å². The first-order chi connectivity index (χ1) is 15.4. The number of carbonyl (C=O) groups excluding carboxylic acids is 1. The molecule has 168 valence electrons. The van der Waals surface area contributed by atoms with Gasteiger partial charge in [0.05, 0.1) is 4.90 Å². The van der Waals surface area contributed by atoms with E-state index in [0.717, 1.165) is 36.5 Å². The van der Waals surface area contributed by atoms with Crippen molar-refractivity contribution in [1.29, 1.82) is 0 Å². The van der Waals surface area contributed by atoms with Crippen LogP contribution in [-0.4, -0.2) is 37.8 Å². The van der Waals surface area contributed by atoms with Crippen LogP contribution in [0.25, 0.3) is 10.8 Å². The number of amides is 1. The van der Waals surface area contributed by atoms with Crippen molar-refractivity contribution in [3.05, 3.63) is 66.7 Å². The van der Waals surface area contributed by atoms with Crippen LogP contribution < -0.4 is 10.1 Å². The van der Waals surface area contributed by atoms with Gasteiger partial charge >= 0.3 is 0 Å². The summed E-state index contributed by atoms with van der Waals surface area (Å²) in [4.78, 5) is 12.8. The molecule has 6 nitrogen and oxygen atoms in total. The maximum atomic E-state index is 12.9. The zero-order valence-corrected chi connectivity index (χ0v) is 19.0. The Hall–Kier alpha value is -2.90. The first-order valence-corrected chi connectivity index (χ1v) is 12.4. The molecule has 0 unspecified atom stereocenters. The number of nitrogens with one attached hydrogen (secondary N) is 1. The van der Waals surface area contributed by atoms with Crippen LogP contribution in [0.4, 0.5) is 5.69 Å². The zero-order chi connectivity index (χ0) is 22.6. The van der Waals surface area contributed by atoms with E-state index in [2.05, 4.69) is 5.32 Å². The Balaban J connectivity index is 1.39. The second-order valence-electron chi connectivity index (χ2n) is 8.10. The van der Waals surface area contributed by atoms with Crippen LogP contribution in [0, 0.1) is 0 Å². The third-order valence-electron chi connectivity index (χ3n) is 5.73. The van der Waals surface area contributed by atoms with Crippen molar-refractivity contribution in [1.82, 2.24) is 4.31 Å². The minimum Gasteiger partial charge on any atom is -0.481 e. The average molecular weight is 453 g/mol. The molecule has 3 aromatic carbocycles. The van der Waals surface area contributed by atoms with Gasteiger partial charge in [0.1, 0.15) is 5.75 Å². The summed E-state index contributed by atoms with van der Waals surface area (Å²) < 4.78 is 33.2. The number of rotatable bonds is 6. The van der Waals surface area contributed by atoms with Crippen molar-refractivity contribution in [3.63, 3.8) is 0 Å². The molecule has 1 fully saturated rings. The summed E-state index contributed by atoms with van der Waals surface area (Å²) in [6.45, 7) is 2.80. The van der Waals surface area contributed by atoms with E-state index in [-0.39, 0.29) is 10.8 Å². The van der Waals surface area contributed by atoms with Crippen LogP contribution in [0.2, 0.25) is 0 Å². The summed E-state index contributed by atoms with van der Waals surface area (Å²) in [5, 5.41) is 4.94. The maximum absolute atomic E-state index is 12.9. The SMILES string of the molecule is C[C@H](Oc1ccc2ccccc2c1)C(=O)Nc1ccc(S(=O)(=O)N2CCCCCC2)cc1. The molecule has 1 atom stereocenters. The highest BCUT2D eigenvalue weighted by Crippen LogP contribution is 2.23. The lowest BCUT2D eigenvalue weighted by Crippen LogP contribution is -2.32. The summed E-state index contributed by atoms with van der Waals surface area (Å²) >= 11 is 0. The van der Waals surface area contributed by atoms with Gasteiger partial charge in [0.25, 0.3) is 5.91 Å². The minimum atomic E-state index is -3.51. The summed E-state index contributed by atoms with van der Waals surface area (Å²) in [5.41, 5.74) is 0.527. The Morgan fingerprint density at radius 2 is 1.56 bits per heavy atom. The molecule has 1 heterocycles. The molecule has 3 aromatic rings. The van der Waals surface area contributed by atoms with E-state index in [9.17, 15) is 13.2 Å². The number of anilines is 1. The first-order valence-electron chi connectivity index (χ1n) is 11.0. The Morgan fingerprint density at radius 3 is 2.25 bits per heavy atom. The van der Waals surface area contributed by atoms with Gasteiger partial charge in [-0.15, -0.1) is 0 Å². The van der Waals surface area contributed by atoms with E-state index in [1.807, 2.05) is 42.5 Å². The molecule has 0 bridgehead atoms. The lowest BCUT2D eigenvalue weighted by molar-refractivity contribution is -0.122. The highest BCUT2D eigenvalue weighted by molar-refractivity contribution is 7.89. The topological polar surface area (TPSA) is 75.7 Å². The van der Waals surface area contributed by atoms with Gasteiger partial charge in [0.15, 0.2) is 6.10 Å².